The number of aliphatic hydroxyl groups excluding tert-OH is 1. The minimum absolute atomic E-state index is 0.299. The first-order valence-corrected chi connectivity index (χ1v) is 5.98. The molecule has 0 bridgehead atoms. The highest BCUT2D eigenvalue weighted by Gasteiger charge is 2.24. The molecule has 2 N–H and O–H groups in total. The lowest BCUT2D eigenvalue weighted by molar-refractivity contribution is -0.0149. The van der Waals surface area contributed by atoms with Crippen LogP contribution in [0.1, 0.15) is 32.1 Å². The zero-order valence-corrected chi connectivity index (χ0v) is 11.9. The molecular formula is C14H20O5. The summed E-state index contributed by atoms with van der Waals surface area (Å²) in [5, 5.41) is 19.5. The van der Waals surface area contributed by atoms with Crippen LogP contribution in [-0.4, -0.2) is 29.0 Å². The van der Waals surface area contributed by atoms with Crippen LogP contribution in [0.3, 0.4) is 0 Å². The Morgan fingerprint density at radius 2 is 2.16 bits per heavy atom. The van der Waals surface area contributed by atoms with Crippen molar-refractivity contribution in [2.75, 3.05) is 7.11 Å². The molecule has 0 aliphatic carbocycles. The molecule has 0 aliphatic heterocycles. The van der Waals surface area contributed by atoms with E-state index in [1.165, 1.54) is 27.0 Å². The summed E-state index contributed by atoms with van der Waals surface area (Å²) >= 11 is 0. The predicted molar refractivity (Wildman–Crippen MR) is 72.2 cm³/mol. The normalized spacial score (nSPS) is 16.9. The maximum atomic E-state index is 11.6. The second-order valence-corrected chi connectivity index (χ2v) is 4.82. The second kappa shape index (κ2) is 5.59. The largest absolute Gasteiger partial charge is 0.496 e. The van der Waals surface area contributed by atoms with Crippen molar-refractivity contribution in [1.82, 2.24) is 0 Å². The number of hydrogen-bond acceptors (Lipinski definition) is 5. The van der Waals surface area contributed by atoms with Crippen molar-refractivity contribution in [3.63, 3.8) is 0 Å². The van der Waals surface area contributed by atoms with Crippen molar-refractivity contribution in [3.8, 4) is 5.75 Å². The van der Waals surface area contributed by atoms with Gasteiger partial charge in [0.05, 0.1) is 18.8 Å². The van der Waals surface area contributed by atoms with Gasteiger partial charge in [0.1, 0.15) is 17.1 Å². The molecule has 5 heteroatoms. The Bertz CT molecular complexity index is 537. The van der Waals surface area contributed by atoms with E-state index < -0.39 is 17.3 Å². The van der Waals surface area contributed by atoms with Gasteiger partial charge in [0.15, 0.2) is 0 Å². The van der Waals surface area contributed by atoms with Crippen LogP contribution >= 0.6 is 0 Å². The minimum Gasteiger partial charge on any atom is -0.496 e. The van der Waals surface area contributed by atoms with Gasteiger partial charge in [-0.05, 0) is 39.3 Å². The first-order valence-electron chi connectivity index (χ1n) is 5.98. The fraction of sp³-hybridized carbons (Fsp3) is 0.500. The molecule has 19 heavy (non-hydrogen) atoms. The second-order valence-electron chi connectivity index (χ2n) is 4.82. The summed E-state index contributed by atoms with van der Waals surface area (Å²) in [6.07, 6.45) is 0.506. The average Bonchev–Trinajstić information content (AvgIpc) is 2.31. The summed E-state index contributed by atoms with van der Waals surface area (Å²) in [5.41, 5.74) is -0.956. The lowest BCUT2D eigenvalue weighted by atomic mass is 9.96. The molecule has 1 aromatic heterocycles. The van der Waals surface area contributed by atoms with Gasteiger partial charge in [-0.15, -0.1) is 0 Å². The molecule has 0 saturated carbocycles. The number of allylic oxidation sites excluding steroid dienone is 1. The van der Waals surface area contributed by atoms with Crippen molar-refractivity contribution < 1.29 is 19.4 Å². The van der Waals surface area contributed by atoms with Crippen LogP contribution in [0.5, 0.6) is 5.75 Å². The first kappa shape index (κ1) is 15.5. The summed E-state index contributed by atoms with van der Waals surface area (Å²) in [6.45, 7) is 6.25. The Labute approximate surface area is 112 Å². The number of methoxy groups -OCH3 is 1. The Morgan fingerprint density at radius 1 is 1.58 bits per heavy atom. The molecule has 0 spiro atoms. The smallest absolute Gasteiger partial charge is 0.342 e. The van der Waals surface area contributed by atoms with Crippen molar-refractivity contribution in [3.05, 3.63) is 33.9 Å². The van der Waals surface area contributed by atoms with Gasteiger partial charge >= 0.3 is 5.63 Å². The fourth-order valence-corrected chi connectivity index (χ4v) is 1.57. The van der Waals surface area contributed by atoms with E-state index in [0.717, 1.165) is 0 Å². The Kier molecular flexibility index (Phi) is 4.55. The third-order valence-corrected chi connectivity index (χ3v) is 3.10. The Balaban J connectivity index is 3.28. The van der Waals surface area contributed by atoms with Crippen LogP contribution in [-0.2, 0) is 0 Å². The maximum absolute atomic E-state index is 11.6. The molecule has 5 nitrogen and oxygen atoms in total. The summed E-state index contributed by atoms with van der Waals surface area (Å²) in [7, 11) is 1.47. The first-order chi connectivity index (χ1) is 8.69. The van der Waals surface area contributed by atoms with E-state index in [2.05, 4.69) is 0 Å². The number of hydrogen-bond donors (Lipinski definition) is 2. The third-order valence-electron chi connectivity index (χ3n) is 3.10. The van der Waals surface area contributed by atoms with Gasteiger partial charge < -0.3 is 19.4 Å². The zero-order chi connectivity index (χ0) is 14.8. The molecule has 0 unspecified atom stereocenters. The number of rotatable bonds is 4. The molecule has 106 valence electrons. The van der Waals surface area contributed by atoms with E-state index in [0.29, 0.717) is 22.6 Å². The average molecular weight is 268 g/mol. The molecule has 0 amide bonds. The number of ether oxygens (including phenoxy) is 1. The Hall–Kier alpha value is -1.59. The summed E-state index contributed by atoms with van der Waals surface area (Å²) in [4.78, 5) is 11.6. The van der Waals surface area contributed by atoms with Gasteiger partial charge in [-0.1, -0.05) is 0 Å². The molecule has 0 radical (unpaired) electrons. The van der Waals surface area contributed by atoms with Crippen molar-refractivity contribution in [1.29, 1.82) is 0 Å². The predicted octanol–water partition coefficient (Wildman–Crippen LogP) is 1.49. The van der Waals surface area contributed by atoms with Crippen molar-refractivity contribution in [2.45, 2.75) is 39.4 Å². The number of aliphatic hydroxyl groups is 2. The molecule has 1 rings (SSSR count). The topological polar surface area (TPSA) is 79.9 Å². The van der Waals surface area contributed by atoms with E-state index in [1.807, 2.05) is 0 Å². The van der Waals surface area contributed by atoms with E-state index in [-0.39, 0.29) is 0 Å². The monoisotopic (exact) mass is 268 g/mol. The molecule has 0 fully saturated rings. The van der Waals surface area contributed by atoms with Gasteiger partial charge in [-0.2, -0.15) is 0 Å². The lowest BCUT2D eigenvalue weighted by Crippen LogP contribution is -2.34. The highest BCUT2D eigenvalue weighted by atomic mass is 16.5. The molecule has 1 heterocycles. The fourth-order valence-electron chi connectivity index (χ4n) is 1.57. The zero-order valence-electron chi connectivity index (χ0n) is 11.9. The van der Waals surface area contributed by atoms with Crippen LogP contribution in [0.2, 0.25) is 0 Å². The molecule has 0 saturated heterocycles. The van der Waals surface area contributed by atoms with E-state index in [4.69, 9.17) is 9.15 Å². The van der Waals surface area contributed by atoms with E-state index in [1.54, 1.807) is 19.9 Å². The summed E-state index contributed by atoms with van der Waals surface area (Å²) < 4.78 is 10.2. The highest BCUT2D eigenvalue weighted by Crippen LogP contribution is 2.24. The molecule has 2 atom stereocenters. The SMILES string of the molecule is COc1cc(C(C)=C[C@](C)(O)[C@H](C)O)oc(=O)c1C. The van der Waals surface area contributed by atoms with Crippen LogP contribution in [0.15, 0.2) is 21.4 Å². The molecule has 0 aromatic carbocycles. The van der Waals surface area contributed by atoms with E-state index >= 15 is 0 Å². The molecular weight excluding hydrogens is 248 g/mol. The van der Waals surface area contributed by atoms with Crippen molar-refractivity contribution >= 4 is 5.57 Å². The van der Waals surface area contributed by atoms with Crippen LogP contribution in [0.25, 0.3) is 5.57 Å². The van der Waals surface area contributed by atoms with Gasteiger partial charge in [0, 0.05) is 6.07 Å². The lowest BCUT2D eigenvalue weighted by Gasteiger charge is -2.23. The van der Waals surface area contributed by atoms with Crippen LogP contribution in [0, 0.1) is 6.92 Å². The van der Waals surface area contributed by atoms with Crippen LogP contribution in [0.4, 0.5) is 0 Å². The summed E-state index contributed by atoms with van der Waals surface area (Å²) in [5.74, 6) is 0.726. The van der Waals surface area contributed by atoms with Crippen molar-refractivity contribution in [2.24, 2.45) is 0 Å². The van der Waals surface area contributed by atoms with Gasteiger partial charge in [-0.3, -0.25) is 0 Å². The van der Waals surface area contributed by atoms with Gasteiger partial charge in [-0.25, -0.2) is 4.79 Å². The standard InChI is InChI=1S/C14H20O5/c1-8(7-14(4,17)10(3)15)11-6-12(18-5)9(2)13(16)19-11/h6-7,10,15,17H,1-5H3/t10-,14-/m0/s1. The Morgan fingerprint density at radius 3 is 2.63 bits per heavy atom. The van der Waals surface area contributed by atoms with Gasteiger partial charge in [0.25, 0.3) is 0 Å². The van der Waals surface area contributed by atoms with Crippen LogP contribution < -0.4 is 10.4 Å². The highest BCUT2D eigenvalue weighted by molar-refractivity contribution is 5.61. The van der Waals surface area contributed by atoms with E-state index in [9.17, 15) is 15.0 Å². The summed E-state index contributed by atoms with van der Waals surface area (Å²) in [6, 6.07) is 1.58. The molecule has 0 aliphatic rings. The molecule has 1 aromatic rings. The van der Waals surface area contributed by atoms with Gasteiger partial charge in [0.2, 0.25) is 0 Å². The minimum atomic E-state index is -1.40. The maximum Gasteiger partial charge on any atom is 0.342 e. The third kappa shape index (κ3) is 3.45. The quantitative estimate of drug-likeness (QED) is 0.865.